The average molecular weight is 359 g/mol. The number of carbonyl (C=O) groups excluding carboxylic acids is 2. The van der Waals surface area contributed by atoms with E-state index in [0.717, 1.165) is 37.0 Å². The summed E-state index contributed by atoms with van der Waals surface area (Å²) < 4.78 is 5.35. The zero-order chi connectivity index (χ0) is 18.3. The van der Waals surface area contributed by atoms with Crippen molar-refractivity contribution in [2.45, 2.75) is 64.1 Å². The molecule has 7 nitrogen and oxygen atoms in total. The van der Waals surface area contributed by atoms with Crippen molar-refractivity contribution in [1.82, 2.24) is 10.2 Å². The first-order valence-electron chi connectivity index (χ1n) is 9.41. The van der Waals surface area contributed by atoms with E-state index in [0.29, 0.717) is 24.6 Å². The Balaban J connectivity index is 1.35. The average Bonchev–Trinajstić information content (AvgIpc) is 3.19. The van der Waals surface area contributed by atoms with Gasteiger partial charge in [-0.15, -0.1) is 0 Å². The number of aryl methyl sites for hydroxylation is 1. The molecule has 1 saturated heterocycles. The summed E-state index contributed by atoms with van der Waals surface area (Å²) in [5, 5.41) is 7.12. The van der Waals surface area contributed by atoms with Gasteiger partial charge in [-0.1, -0.05) is 5.16 Å². The summed E-state index contributed by atoms with van der Waals surface area (Å²) in [5.41, 5.74) is 1.85. The van der Waals surface area contributed by atoms with Gasteiger partial charge in [0.2, 0.25) is 6.10 Å². The molecule has 1 saturated carbocycles. The molecule has 3 heterocycles. The molecule has 2 fully saturated rings. The Kier molecular flexibility index (Phi) is 4.46. The molecular weight excluding hydrogens is 334 g/mol. The molecule has 2 aliphatic heterocycles. The summed E-state index contributed by atoms with van der Waals surface area (Å²) in [6.45, 7) is 4.37. The van der Waals surface area contributed by atoms with Crippen molar-refractivity contribution in [3.63, 3.8) is 0 Å². The normalized spacial score (nSPS) is 28.5. The van der Waals surface area contributed by atoms with Gasteiger partial charge in [-0.25, -0.2) is 0 Å². The van der Waals surface area contributed by atoms with Crippen LogP contribution < -0.4 is 5.32 Å². The van der Waals surface area contributed by atoms with Crippen molar-refractivity contribution < 1.29 is 18.8 Å². The van der Waals surface area contributed by atoms with Crippen LogP contribution in [0.2, 0.25) is 0 Å². The molecule has 0 bridgehead atoms. The van der Waals surface area contributed by atoms with Crippen LogP contribution in [0.15, 0.2) is 21.9 Å². The Labute approximate surface area is 152 Å². The predicted molar refractivity (Wildman–Crippen MR) is 94.8 cm³/mol. The summed E-state index contributed by atoms with van der Waals surface area (Å²) in [4.78, 5) is 32.4. The second kappa shape index (κ2) is 6.78. The van der Waals surface area contributed by atoms with Crippen molar-refractivity contribution in [3.05, 3.63) is 23.7 Å². The van der Waals surface area contributed by atoms with Crippen molar-refractivity contribution >= 4 is 17.5 Å². The molecule has 140 valence electrons. The summed E-state index contributed by atoms with van der Waals surface area (Å²) in [6.07, 6.45) is 5.59. The molecule has 0 radical (unpaired) electrons. The molecule has 3 atom stereocenters. The first kappa shape index (κ1) is 17.1. The highest BCUT2D eigenvalue weighted by Crippen LogP contribution is 2.34. The molecule has 7 heteroatoms. The minimum absolute atomic E-state index is 0.0773. The highest BCUT2D eigenvalue weighted by Gasteiger charge is 2.38. The number of furan rings is 1. The fourth-order valence-corrected chi connectivity index (χ4v) is 3.72. The lowest BCUT2D eigenvalue weighted by Gasteiger charge is -2.38. The van der Waals surface area contributed by atoms with Crippen molar-refractivity contribution in [3.8, 4) is 0 Å². The lowest BCUT2D eigenvalue weighted by atomic mass is 9.98. The predicted octanol–water partition coefficient (Wildman–Crippen LogP) is 2.25. The zero-order valence-corrected chi connectivity index (χ0v) is 15.2. The number of likely N-dealkylation sites (tertiary alicyclic amines) is 1. The number of nitrogens with one attached hydrogen (secondary N) is 1. The first-order valence-corrected chi connectivity index (χ1v) is 9.41. The van der Waals surface area contributed by atoms with Crippen LogP contribution >= 0.6 is 0 Å². The molecule has 4 rings (SSSR count). The number of oxime groups is 1. The summed E-state index contributed by atoms with van der Waals surface area (Å²) in [7, 11) is 0. The van der Waals surface area contributed by atoms with Gasteiger partial charge in [0, 0.05) is 36.5 Å². The van der Waals surface area contributed by atoms with Gasteiger partial charge in [0.15, 0.2) is 5.76 Å². The Morgan fingerprint density at radius 2 is 2.08 bits per heavy atom. The number of nitrogens with zero attached hydrogens (tertiary/aromatic N) is 2. The van der Waals surface area contributed by atoms with E-state index >= 15 is 0 Å². The maximum Gasteiger partial charge on any atom is 0.290 e. The SMILES string of the molecule is Cc1ccoc1C(=O)N1CC(NC(=O)C2CC(C3CC3)=NO2)CCC1C. The van der Waals surface area contributed by atoms with E-state index in [1.165, 1.54) is 6.26 Å². The zero-order valence-electron chi connectivity index (χ0n) is 15.2. The van der Waals surface area contributed by atoms with E-state index in [9.17, 15) is 9.59 Å². The first-order chi connectivity index (χ1) is 12.5. The van der Waals surface area contributed by atoms with Gasteiger partial charge in [0.1, 0.15) is 0 Å². The molecule has 1 N–H and O–H groups in total. The van der Waals surface area contributed by atoms with Crippen LogP contribution in [0.4, 0.5) is 0 Å². The number of piperidine rings is 1. The highest BCUT2D eigenvalue weighted by molar-refractivity contribution is 5.95. The van der Waals surface area contributed by atoms with Gasteiger partial charge in [-0.2, -0.15) is 0 Å². The van der Waals surface area contributed by atoms with Crippen LogP contribution in [0.5, 0.6) is 0 Å². The van der Waals surface area contributed by atoms with Gasteiger partial charge >= 0.3 is 0 Å². The van der Waals surface area contributed by atoms with Crippen LogP contribution in [0.3, 0.4) is 0 Å². The summed E-state index contributed by atoms with van der Waals surface area (Å²) in [6, 6.07) is 1.83. The number of hydrogen-bond donors (Lipinski definition) is 1. The standard InChI is InChI=1S/C19H25N3O4/c1-11-7-8-25-17(11)19(24)22-10-14(6-3-12(22)2)20-18(23)16-9-15(21-26-16)13-4-5-13/h7-8,12-14,16H,3-6,9-10H2,1-2H3,(H,20,23). The van der Waals surface area contributed by atoms with Crippen LogP contribution in [0.1, 0.15) is 55.1 Å². The van der Waals surface area contributed by atoms with Crippen molar-refractivity contribution in [2.75, 3.05) is 6.54 Å². The third-order valence-corrected chi connectivity index (χ3v) is 5.58. The van der Waals surface area contributed by atoms with E-state index in [1.54, 1.807) is 11.0 Å². The quantitative estimate of drug-likeness (QED) is 0.894. The van der Waals surface area contributed by atoms with E-state index in [-0.39, 0.29) is 23.9 Å². The minimum atomic E-state index is -0.526. The fraction of sp³-hybridized carbons (Fsp3) is 0.632. The smallest absolute Gasteiger partial charge is 0.290 e. The van der Waals surface area contributed by atoms with Gasteiger partial charge < -0.3 is 19.5 Å². The third kappa shape index (κ3) is 3.34. The van der Waals surface area contributed by atoms with Crippen LogP contribution in [-0.2, 0) is 9.63 Å². The summed E-state index contributed by atoms with van der Waals surface area (Å²) in [5.74, 6) is 0.652. The maximum atomic E-state index is 12.8. The number of rotatable bonds is 4. The van der Waals surface area contributed by atoms with Crippen LogP contribution in [0, 0.1) is 12.8 Å². The molecule has 3 aliphatic rings. The Morgan fingerprint density at radius 1 is 1.27 bits per heavy atom. The van der Waals surface area contributed by atoms with Gasteiger partial charge in [0.25, 0.3) is 11.8 Å². The van der Waals surface area contributed by atoms with Gasteiger partial charge in [-0.3, -0.25) is 9.59 Å². The lowest BCUT2D eigenvalue weighted by molar-refractivity contribution is -0.132. The lowest BCUT2D eigenvalue weighted by Crippen LogP contribution is -2.54. The number of amides is 2. The van der Waals surface area contributed by atoms with Crippen molar-refractivity contribution in [2.24, 2.45) is 11.1 Å². The largest absolute Gasteiger partial charge is 0.459 e. The van der Waals surface area contributed by atoms with Crippen LogP contribution in [-0.4, -0.2) is 47.2 Å². The molecule has 0 spiro atoms. The van der Waals surface area contributed by atoms with Gasteiger partial charge in [-0.05, 0) is 45.6 Å². The Morgan fingerprint density at radius 3 is 2.77 bits per heavy atom. The van der Waals surface area contributed by atoms with Crippen LogP contribution in [0.25, 0.3) is 0 Å². The Hall–Kier alpha value is -2.31. The molecule has 3 unspecified atom stereocenters. The van der Waals surface area contributed by atoms with Gasteiger partial charge in [0.05, 0.1) is 12.0 Å². The number of carbonyl (C=O) groups is 2. The highest BCUT2D eigenvalue weighted by atomic mass is 16.6. The minimum Gasteiger partial charge on any atom is -0.459 e. The van der Waals surface area contributed by atoms with E-state index in [2.05, 4.69) is 10.5 Å². The van der Waals surface area contributed by atoms with E-state index in [4.69, 9.17) is 9.25 Å². The summed E-state index contributed by atoms with van der Waals surface area (Å²) >= 11 is 0. The second-order valence-corrected chi connectivity index (χ2v) is 7.68. The molecule has 2 amide bonds. The topological polar surface area (TPSA) is 84.1 Å². The molecular formula is C19H25N3O4. The van der Waals surface area contributed by atoms with E-state index < -0.39 is 6.10 Å². The molecule has 0 aromatic carbocycles. The Bertz CT molecular complexity index is 737. The van der Waals surface area contributed by atoms with Crippen molar-refractivity contribution in [1.29, 1.82) is 0 Å². The molecule has 1 aliphatic carbocycles. The molecule has 1 aromatic heterocycles. The number of hydrogen-bond acceptors (Lipinski definition) is 5. The third-order valence-electron chi connectivity index (χ3n) is 5.58. The fourth-order valence-electron chi connectivity index (χ4n) is 3.72. The maximum absolute atomic E-state index is 12.8. The van der Waals surface area contributed by atoms with E-state index in [1.807, 2.05) is 13.8 Å². The monoisotopic (exact) mass is 359 g/mol. The molecule has 26 heavy (non-hydrogen) atoms. The second-order valence-electron chi connectivity index (χ2n) is 7.68. The molecule has 1 aromatic rings.